The summed E-state index contributed by atoms with van der Waals surface area (Å²) in [7, 11) is 0. The van der Waals surface area contributed by atoms with Crippen LogP contribution in [-0.2, 0) is 0 Å². The van der Waals surface area contributed by atoms with Crippen molar-refractivity contribution >= 4 is 0 Å². The van der Waals surface area contributed by atoms with Gasteiger partial charge in [-0.25, -0.2) is 0 Å². The minimum atomic E-state index is 0.683. The van der Waals surface area contributed by atoms with Gasteiger partial charge in [-0.1, -0.05) is 19.3 Å². The Kier molecular flexibility index (Phi) is 35.0. The Morgan fingerprint density at radius 3 is 1.14 bits per heavy atom. The number of nitrogens with one attached hydrogen (secondary N) is 2. The van der Waals surface area contributed by atoms with E-state index in [0.29, 0.717) is 13.1 Å². The van der Waals surface area contributed by atoms with Gasteiger partial charge in [0, 0.05) is 65.4 Å². The second-order valence-corrected chi connectivity index (χ2v) is 12.1. The third kappa shape index (κ3) is 29.0. The van der Waals surface area contributed by atoms with Crippen LogP contribution in [0.25, 0.3) is 0 Å². The fourth-order valence-corrected chi connectivity index (χ4v) is 5.49. The van der Waals surface area contributed by atoms with E-state index in [1.54, 1.807) is 0 Å². The van der Waals surface area contributed by atoms with E-state index in [1.807, 2.05) is 0 Å². The third-order valence-electron chi connectivity index (χ3n) is 8.21. The number of rotatable bonds is 37. The average molecular weight is 631 g/mol. The molecule has 14 N–H and O–H groups in total. The number of hydrogen-bond acceptors (Lipinski definition) is 12. The van der Waals surface area contributed by atoms with E-state index in [4.69, 9.17) is 34.4 Å². The summed E-state index contributed by atoms with van der Waals surface area (Å²) in [6.07, 6.45) is 11.7. The summed E-state index contributed by atoms with van der Waals surface area (Å²) >= 11 is 0. The molecule has 0 aliphatic carbocycles. The van der Waals surface area contributed by atoms with E-state index >= 15 is 0 Å². The Labute approximate surface area is 272 Å². The summed E-state index contributed by atoms with van der Waals surface area (Å²) in [6.45, 7) is 21.3. The Morgan fingerprint density at radius 1 is 0.250 bits per heavy atom. The van der Waals surface area contributed by atoms with Crippen molar-refractivity contribution in [3.63, 3.8) is 0 Å². The summed E-state index contributed by atoms with van der Waals surface area (Å²) in [5.41, 5.74) is 34.5. The first kappa shape index (κ1) is 43.5. The molecule has 0 atom stereocenters. The molecule has 0 heterocycles. The standard InChI is InChI=1S/C32H78N12/c33-11-4-2-1-3-5-21-44(31-29-42(23-7-13-35)24-8-14-36)32-30-43(28-20-40-19-15-37)26-10-18-39-17-9-25-41(27-16-38)22-6-12-34/h39-40H,1-38H2. The monoisotopic (exact) mass is 631 g/mol. The summed E-state index contributed by atoms with van der Waals surface area (Å²) < 4.78 is 0. The van der Waals surface area contributed by atoms with Crippen molar-refractivity contribution in [2.24, 2.45) is 34.4 Å². The van der Waals surface area contributed by atoms with Crippen LogP contribution in [0.15, 0.2) is 0 Å². The van der Waals surface area contributed by atoms with Crippen molar-refractivity contribution in [2.75, 3.05) is 144 Å². The molecule has 0 aliphatic rings. The second-order valence-electron chi connectivity index (χ2n) is 12.1. The second kappa shape index (κ2) is 35.4. The molecule has 12 nitrogen and oxygen atoms in total. The highest BCUT2D eigenvalue weighted by atomic mass is 15.2. The molecule has 0 fully saturated rings. The zero-order valence-corrected chi connectivity index (χ0v) is 28.9. The van der Waals surface area contributed by atoms with Gasteiger partial charge in [-0.2, -0.15) is 0 Å². The summed E-state index contributed by atoms with van der Waals surface area (Å²) in [5, 5.41) is 7.16. The molecular weight excluding hydrogens is 552 g/mol. The van der Waals surface area contributed by atoms with Gasteiger partial charge in [0.1, 0.15) is 0 Å². The highest BCUT2D eigenvalue weighted by molar-refractivity contribution is 4.70. The molecule has 44 heavy (non-hydrogen) atoms. The van der Waals surface area contributed by atoms with Crippen molar-refractivity contribution in [3.05, 3.63) is 0 Å². The molecule has 0 amide bonds. The van der Waals surface area contributed by atoms with Gasteiger partial charge in [-0.05, 0) is 123 Å². The Bertz CT molecular complexity index is 537. The highest BCUT2D eigenvalue weighted by Crippen LogP contribution is 2.06. The number of nitrogens with two attached hydrogens (primary N) is 6. The Hall–Kier alpha value is -0.480. The van der Waals surface area contributed by atoms with Gasteiger partial charge in [0.2, 0.25) is 0 Å². The molecule has 0 saturated heterocycles. The average Bonchev–Trinajstić information content (AvgIpc) is 3.03. The van der Waals surface area contributed by atoms with Gasteiger partial charge in [0.05, 0.1) is 0 Å². The smallest absolute Gasteiger partial charge is 0.0110 e. The van der Waals surface area contributed by atoms with Gasteiger partial charge in [-0.15, -0.1) is 0 Å². The number of hydrogen-bond donors (Lipinski definition) is 8. The quantitative estimate of drug-likeness (QED) is 0.0392. The predicted molar refractivity (Wildman–Crippen MR) is 192 cm³/mol. The lowest BCUT2D eigenvalue weighted by Crippen LogP contribution is -2.43. The SMILES string of the molecule is NCCCCCCCN(CCN(CCCN)CCCN)CCN(CCCNCCCN(CCN)CCCN)CCNCCN. The van der Waals surface area contributed by atoms with E-state index in [-0.39, 0.29) is 0 Å². The molecule has 12 heteroatoms. The van der Waals surface area contributed by atoms with Crippen LogP contribution in [0, 0.1) is 0 Å². The molecule has 0 rings (SSSR count). The first-order valence-electron chi connectivity index (χ1n) is 18.2. The van der Waals surface area contributed by atoms with Crippen molar-refractivity contribution < 1.29 is 0 Å². The fourth-order valence-electron chi connectivity index (χ4n) is 5.49. The third-order valence-corrected chi connectivity index (χ3v) is 8.21. The molecule has 266 valence electrons. The van der Waals surface area contributed by atoms with Crippen LogP contribution in [0.1, 0.15) is 64.2 Å². The van der Waals surface area contributed by atoms with Crippen LogP contribution >= 0.6 is 0 Å². The van der Waals surface area contributed by atoms with Gasteiger partial charge >= 0.3 is 0 Å². The number of unbranched alkanes of at least 4 members (excludes halogenated alkanes) is 4. The van der Waals surface area contributed by atoms with Crippen LogP contribution in [-0.4, -0.2) is 164 Å². The van der Waals surface area contributed by atoms with Crippen molar-refractivity contribution in [1.82, 2.24) is 30.2 Å². The molecule has 0 saturated carbocycles. The zero-order valence-electron chi connectivity index (χ0n) is 28.9. The molecule has 0 aliphatic heterocycles. The topological polar surface area (TPSA) is 193 Å². The minimum absolute atomic E-state index is 0.683. The van der Waals surface area contributed by atoms with E-state index in [9.17, 15) is 0 Å². The maximum absolute atomic E-state index is 5.83. The van der Waals surface area contributed by atoms with E-state index in [1.165, 1.54) is 25.7 Å². The summed E-state index contributed by atoms with van der Waals surface area (Å²) in [6, 6.07) is 0. The zero-order chi connectivity index (χ0) is 32.4. The van der Waals surface area contributed by atoms with Crippen molar-refractivity contribution in [1.29, 1.82) is 0 Å². The molecule has 0 aromatic heterocycles. The van der Waals surface area contributed by atoms with E-state index in [0.717, 1.165) is 169 Å². The van der Waals surface area contributed by atoms with E-state index < -0.39 is 0 Å². The summed E-state index contributed by atoms with van der Waals surface area (Å²) in [5.74, 6) is 0. The van der Waals surface area contributed by atoms with E-state index in [2.05, 4.69) is 30.2 Å². The van der Waals surface area contributed by atoms with Crippen molar-refractivity contribution in [3.8, 4) is 0 Å². The predicted octanol–water partition coefficient (Wildman–Crippen LogP) is -0.973. The lowest BCUT2D eigenvalue weighted by molar-refractivity contribution is 0.171. The fraction of sp³-hybridized carbons (Fsp3) is 1.00. The van der Waals surface area contributed by atoms with Gasteiger partial charge in [0.25, 0.3) is 0 Å². The number of nitrogens with zero attached hydrogens (tertiary/aromatic N) is 4. The Morgan fingerprint density at radius 2 is 0.636 bits per heavy atom. The summed E-state index contributed by atoms with van der Waals surface area (Å²) in [4.78, 5) is 10.3. The first-order valence-corrected chi connectivity index (χ1v) is 18.2. The van der Waals surface area contributed by atoms with Gasteiger partial charge < -0.3 is 64.6 Å². The van der Waals surface area contributed by atoms with Gasteiger partial charge in [0.15, 0.2) is 0 Å². The molecule has 0 radical (unpaired) electrons. The molecule has 0 unspecified atom stereocenters. The maximum Gasteiger partial charge on any atom is 0.0110 e. The van der Waals surface area contributed by atoms with Gasteiger partial charge in [-0.3, -0.25) is 0 Å². The molecule has 0 spiro atoms. The van der Waals surface area contributed by atoms with Crippen LogP contribution in [0.4, 0.5) is 0 Å². The van der Waals surface area contributed by atoms with Crippen LogP contribution in [0.3, 0.4) is 0 Å². The molecule has 0 aromatic carbocycles. The first-order chi connectivity index (χ1) is 21.6. The largest absolute Gasteiger partial charge is 0.330 e. The lowest BCUT2D eigenvalue weighted by Gasteiger charge is -2.30. The minimum Gasteiger partial charge on any atom is -0.330 e. The normalized spacial score (nSPS) is 12.1. The Balaban J connectivity index is 4.82. The van der Waals surface area contributed by atoms with Crippen LogP contribution in [0.2, 0.25) is 0 Å². The maximum atomic E-state index is 5.83. The van der Waals surface area contributed by atoms with Crippen LogP contribution in [0.5, 0.6) is 0 Å². The molecule has 0 bridgehead atoms. The highest BCUT2D eigenvalue weighted by Gasteiger charge is 2.12. The molecular formula is C32H78N12. The van der Waals surface area contributed by atoms with Crippen molar-refractivity contribution in [2.45, 2.75) is 64.2 Å². The molecule has 0 aromatic rings. The lowest BCUT2D eigenvalue weighted by atomic mass is 10.1. The van der Waals surface area contributed by atoms with Crippen LogP contribution < -0.4 is 45.0 Å².